The molecule has 4 rings (SSSR count). The Hall–Kier alpha value is -2.27. The largest absolute Gasteiger partial charge is 0.355 e. The Balaban J connectivity index is 1.36. The number of piperidine rings is 1. The Morgan fingerprint density at radius 1 is 1.34 bits per heavy atom. The van der Waals surface area contributed by atoms with Crippen molar-refractivity contribution in [3.05, 3.63) is 52.2 Å². The minimum atomic E-state index is -3.70. The smallest absolute Gasteiger partial charge is 0.252 e. The van der Waals surface area contributed by atoms with Gasteiger partial charge in [-0.05, 0) is 43.0 Å². The SMILES string of the molecule is Cc1nc(-c2csc(S(=O)(=O)N3CCCC(C(=O)NCCc4ccc(Cl)cc4)C3)c2)no1. The number of nitrogens with one attached hydrogen (secondary N) is 1. The van der Waals surface area contributed by atoms with Gasteiger partial charge in [-0.3, -0.25) is 4.79 Å². The molecule has 1 N–H and O–H groups in total. The highest BCUT2D eigenvalue weighted by molar-refractivity contribution is 7.91. The predicted octanol–water partition coefficient (Wildman–Crippen LogP) is 3.52. The van der Waals surface area contributed by atoms with Crippen LogP contribution in [0.2, 0.25) is 5.02 Å². The second kappa shape index (κ2) is 9.70. The molecule has 1 atom stereocenters. The Morgan fingerprint density at radius 3 is 2.84 bits per heavy atom. The van der Waals surface area contributed by atoms with Crippen molar-refractivity contribution in [2.75, 3.05) is 19.6 Å². The molecule has 2 aromatic heterocycles. The van der Waals surface area contributed by atoms with Crippen LogP contribution in [0, 0.1) is 12.8 Å². The number of hydrogen-bond donors (Lipinski definition) is 1. The monoisotopic (exact) mass is 494 g/mol. The number of nitrogens with zero attached hydrogens (tertiary/aromatic N) is 3. The van der Waals surface area contributed by atoms with Crippen molar-refractivity contribution in [1.82, 2.24) is 19.8 Å². The highest BCUT2D eigenvalue weighted by atomic mass is 35.5. The number of benzene rings is 1. The summed E-state index contributed by atoms with van der Waals surface area (Å²) in [6.45, 7) is 2.73. The molecule has 32 heavy (non-hydrogen) atoms. The summed E-state index contributed by atoms with van der Waals surface area (Å²) in [5.41, 5.74) is 1.67. The van der Waals surface area contributed by atoms with Crippen molar-refractivity contribution in [2.24, 2.45) is 5.92 Å². The molecule has 170 valence electrons. The van der Waals surface area contributed by atoms with E-state index < -0.39 is 10.0 Å². The number of carbonyl (C=O) groups is 1. The van der Waals surface area contributed by atoms with Gasteiger partial charge in [-0.2, -0.15) is 9.29 Å². The molecule has 0 bridgehead atoms. The van der Waals surface area contributed by atoms with Crippen LogP contribution in [0.3, 0.4) is 0 Å². The van der Waals surface area contributed by atoms with Gasteiger partial charge in [0.15, 0.2) is 0 Å². The molecule has 8 nitrogen and oxygen atoms in total. The molecule has 3 aromatic rings. The lowest BCUT2D eigenvalue weighted by Gasteiger charge is -2.30. The summed E-state index contributed by atoms with van der Waals surface area (Å²) in [6, 6.07) is 9.04. The summed E-state index contributed by atoms with van der Waals surface area (Å²) in [6.07, 6.45) is 1.98. The summed E-state index contributed by atoms with van der Waals surface area (Å²) < 4.78 is 32.9. The molecule has 1 unspecified atom stereocenters. The van der Waals surface area contributed by atoms with Gasteiger partial charge in [-0.1, -0.05) is 28.9 Å². The molecule has 0 spiro atoms. The lowest BCUT2D eigenvalue weighted by molar-refractivity contribution is -0.126. The van der Waals surface area contributed by atoms with Crippen molar-refractivity contribution >= 4 is 38.9 Å². The first-order valence-corrected chi connectivity index (χ1v) is 12.9. The first-order valence-electron chi connectivity index (χ1n) is 10.2. The predicted molar refractivity (Wildman–Crippen MR) is 122 cm³/mol. The number of carbonyl (C=O) groups excluding carboxylic acids is 1. The number of amides is 1. The zero-order valence-corrected chi connectivity index (χ0v) is 19.8. The maximum absolute atomic E-state index is 13.2. The van der Waals surface area contributed by atoms with Crippen LogP contribution < -0.4 is 5.32 Å². The zero-order valence-electron chi connectivity index (χ0n) is 17.5. The number of thiophene rings is 1. The van der Waals surface area contributed by atoms with E-state index in [-0.39, 0.29) is 22.6 Å². The Kier molecular flexibility index (Phi) is 6.94. The first-order chi connectivity index (χ1) is 15.3. The summed E-state index contributed by atoms with van der Waals surface area (Å²) in [5, 5.41) is 9.14. The van der Waals surface area contributed by atoms with Gasteiger partial charge < -0.3 is 9.84 Å². The van der Waals surface area contributed by atoms with Crippen LogP contribution in [0.15, 0.2) is 44.4 Å². The average molecular weight is 495 g/mol. The lowest BCUT2D eigenvalue weighted by Crippen LogP contribution is -2.45. The van der Waals surface area contributed by atoms with Gasteiger partial charge >= 0.3 is 0 Å². The number of aryl methyl sites for hydroxylation is 1. The van der Waals surface area contributed by atoms with Crippen molar-refractivity contribution in [1.29, 1.82) is 0 Å². The number of hydrogen-bond acceptors (Lipinski definition) is 7. The minimum absolute atomic E-state index is 0.118. The molecule has 11 heteroatoms. The number of sulfonamides is 1. The molecule has 0 aliphatic carbocycles. The third-order valence-electron chi connectivity index (χ3n) is 5.34. The van der Waals surface area contributed by atoms with Crippen LogP contribution in [0.4, 0.5) is 0 Å². The summed E-state index contributed by atoms with van der Waals surface area (Å²) in [4.78, 5) is 16.8. The molecular weight excluding hydrogens is 472 g/mol. The normalized spacial score (nSPS) is 17.4. The van der Waals surface area contributed by atoms with Crippen molar-refractivity contribution in [3.63, 3.8) is 0 Å². The van der Waals surface area contributed by atoms with Gasteiger partial charge in [0.05, 0.1) is 5.92 Å². The van der Waals surface area contributed by atoms with Gasteiger partial charge in [0.1, 0.15) is 4.21 Å². The molecule has 1 aromatic carbocycles. The number of halogens is 1. The fraction of sp³-hybridized carbons (Fsp3) is 0.381. The van der Waals surface area contributed by atoms with E-state index in [0.717, 1.165) is 16.9 Å². The topological polar surface area (TPSA) is 105 Å². The highest BCUT2D eigenvalue weighted by Gasteiger charge is 2.34. The molecule has 1 aliphatic heterocycles. The van der Waals surface area contributed by atoms with E-state index in [2.05, 4.69) is 15.5 Å². The van der Waals surface area contributed by atoms with E-state index in [4.69, 9.17) is 16.1 Å². The van der Waals surface area contributed by atoms with E-state index in [9.17, 15) is 13.2 Å². The van der Waals surface area contributed by atoms with Gasteiger partial charge in [0.25, 0.3) is 10.0 Å². The van der Waals surface area contributed by atoms with Crippen LogP contribution >= 0.6 is 22.9 Å². The van der Waals surface area contributed by atoms with Crippen molar-refractivity contribution in [3.8, 4) is 11.4 Å². The molecule has 1 fully saturated rings. The van der Waals surface area contributed by atoms with E-state index in [1.54, 1.807) is 18.4 Å². The molecule has 0 radical (unpaired) electrons. The van der Waals surface area contributed by atoms with Gasteiger partial charge in [-0.25, -0.2) is 8.42 Å². The number of aromatic nitrogens is 2. The van der Waals surface area contributed by atoms with Crippen molar-refractivity contribution < 1.29 is 17.7 Å². The number of rotatable bonds is 7. The van der Waals surface area contributed by atoms with Crippen LogP contribution in [-0.2, 0) is 21.2 Å². The minimum Gasteiger partial charge on any atom is -0.355 e. The molecule has 1 amide bonds. The third kappa shape index (κ3) is 5.20. The molecule has 3 heterocycles. The first kappa shape index (κ1) is 22.9. The molecule has 1 saturated heterocycles. The second-order valence-electron chi connectivity index (χ2n) is 7.66. The maximum atomic E-state index is 13.2. The summed E-state index contributed by atoms with van der Waals surface area (Å²) in [5.74, 6) is 0.282. The molecular formula is C21H23ClN4O4S2. The van der Waals surface area contributed by atoms with Crippen LogP contribution in [-0.4, -0.2) is 48.4 Å². The fourth-order valence-corrected chi connectivity index (χ4v) is 6.57. The third-order valence-corrected chi connectivity index (χ3v) is 8.87. The Morgan fingerprint density at radius 2 is 2.12 bits per heavy atom. The van der Waals surface area contributed by atoms with Crippen LogP contribution in [0.25, 0.3) is 11.4 Å². The average Bonchev–Trinajstić information content (AvgIpc) is 3.45. The summed E-state index contributed by atoms with van der Waals surface area (Å²) >= 11 is 7.01. The zero-order chi connectivity index (χ0) is 22.7. The Labute approximate surface area is 195 Å². The van der Waals surface area contributed by atoms with E-state index in [1.807, 2.05) is 24.3 Å². The standard InChI is InChI=1S/C21H23ClN4O4S2/c1-14-24-20(25-30-14)17-11-19(31-13-17)32(28,29)26-10-2-3-16(12-26)21(27)23-9-8-15-4-6-18(22)7-5-15/h4-7,11,13,16H,2-3,8-10,12H2,1H3,(H,23,27). The van der Waals surface area contributed by atoms with E-state index in [0.29, 0.717) is 54.7 Å². The molecule has 1 aliphatic rings. The lowest BCUT2D eigenvalue weighted by atomic mass is 9.99. The van der Waals surface area contributed by atoms with E-state index in [1.165, 1.54) is 4.31 Å². The van der Waals surface area contributed by atoms with Crippen LogP contribution in [0.1, 0.15) is 24.3 Å². The Bertz CT molecular complexity index is 1190. The summed E-state index contributed by atoms with van der Waals surface area (Å²) in [7, 11) is -3.70. The molecule has 0 saturated carbocycles. The highest BCUT2D eigenvalue weighted by Crippen LogP contribution is 2.31. The van der Waals surface area contributed by atoms with Gasteiger partial charge in [0, 0.05) is 42.5 Å². The van der Waals surface area contributed by atoms with Crippen LogP contribution in [0.5, 0.6) is 0 Å². The van der Waals surface area contributed by atoms with E-state index >= 15 is 0 Å². The van der Waals surface area contributed by atoms with Gasteiger partial charge in [-0.15, -0.1) is 11.3 Å². The van der Waals surface area contributed by atoms with Crippen molar-refractivity contribution in [2.45, 2.75) is 30.4 Å². The fourth-order valence-electron chi connectivity index (χ4n) is 3.61. The van der Waals surface area contributed by atoms with Gasteiger partial charge in [0.2, 0.25) is 17.6 Å². The maximum Gasteiger partial charge on any atom is 0.252 e. The quantitative estimate of drug-likeness (QED) is 0.538. The second-order valence-corrected chi connectivity index (χ2v) is 11.2.